The minimum Gasteiger partial charge on any atom is -0.480 e. The Morgan fingerprint density at radius 1 is 1.40 bits per heavy atom. The molecule has 0 radical (unpaired) electrons. The van der Waals surface area contributed by atoms with Crippen LogP contribution >= 0.6 is 0 Å². The lowest BCUT2D eigenvalue weighted by molar-refractivity contribution is -0.140. The molecule has 80 valence electrons. The highest BCUT2D eigenvalue weighted by atomic mass is 16.4. The lowest BCUT2D eigenvalue weighted by Gasteiger charge is -2.17. The molecule has 0 bridgehead atoms. The van der Waals surface area contributed by atoms with Gasteiger partial charge in [0.1, 0.15) is 6.04 Å². The lowest BCUT2D eigenvalue weighted by Crippen LogP contribution is -2.41. The lowest BCUT2D eigenvalue weighted by atomic mass is 9.97. The Morgan fingerprint density at radius 2 is 1.93 bits per heavy atom. The molecule has 1 atom stereocenters. The first-order valence-corrected chi connectivity index (χ1v) is 5.19. The molecular formula is C12H15NO2. The fraction of sp³-hybridized carbons (Fsp3) is 0.417. The molecule has 2 rings (SSSR count). The van der Waals surface area contributed by atoms with Gasteiger partial charge in [0.2, 0.25) is 0 Å². The SMILES string of the molecule is CNC(C(=O)O)C1Cc2ccccc2C1. The molecular weight excluding hydrogens is 190 g/mol. The van der Waals surface area contributed by atoms with E-state index in [4.69, 9.17) is 5.11 Å². The van der Waals surface area contributed by atoms with Crippen LogP contribution in [0.25, 0.3) is 0 Å². The summed E-state index contributed by atoms with van der Waals surface area (Å²) in [6, 6.07) is 7.76. The van der Waals surface area contributed by atoms with Crippen LogP contribution in [0.15, 0.2) is 24.3 Å². The van der Waals surface area contributed by atoms with Gasteiger partial charge in [-0.1, -0.05) is 24.3 Å². The van der Waals surface area contributed by atoms with Gasteiger partial charge in [-0.3, -0.25) is 4.79 Å². The predicted molar refractivity (Wildman–Crippen MR) is 57.8 cm³/mol. The molecule has 3 nitrogen and oxygen atoms in total. The smallest absolute Gasteiger partial charge is 0.320 e. The molecule has 1 aliphatic rings. The van der Waals surface area contributed by atoms with E-state index < -0.39 is 12.0 Å². The highest BCUT2D eigenvalue weighted by Crippen LogP contribution is 2.28. The summed E-state index contributed by atoms with van der Waals surface area (Å²) in [5, 5.41) is 11.9. The zero-order chi connectivity index (χ0) is 10.8. The van der Waals surface area contributed by atoms with Gasteiger partial charge in [-0.05, 0) is 36.9 Å². The Hall–Kier alpha value is -1.35. The number of hydrogen-bond acceptors (Lipinski definition) is 2. The van der Waals surface area contributed by atoms with Gasteiger partial charge < -0.3 is 10.4 Å². The number of carboxylic acid groups (broad SMARTS) is 1. The Bertz CT molecular complexity index is 351. The number of benzene rings is 1. The van der Waals surface area contributed by atoms with E-state index in [1.54, 1.807) is 7.05 Å². The van der Waals surface area contributed by atoms with Crippen LogP contribution in [0.4, 0.5) is 0 Å². The Balaban J connectivity index is 2.15. The molecule has 3 heteroatoms. The molecule has 1 unspecified atom stereocenters. The second-order valence-corrected chi connectivity index (χ2v) is 4.04. The Morgan fingerprint density at radius 3 is 2.33 bits per heavy atom. The predicted octanol–water partition coefficient (Wildman–Crippen LogP) is 1.07. The second-order valence-electron chi connectivity index (χ2n) is 4.04. The maximum absolute atomic E-state index is 11.0. The number of carboxylic acids is 1. The van der Waals surface area contributed by atoms with Crippen molar-refractivity contribution in [3.63, 3.8) is 0 Å². The van der Waals surface area contributed by atoms with Gasteiger partial charge in [-0.15, -0.1) is 0 Å². The Kier molecular flexibility index (Phi) is 2.73. The fourth-order valence-corrected chi connectivity index (χ4v) is 2.39. The van der Waals surface area contributed by atoms with E-state index in [1.807, 2.05) is 12.1 Å². The minimum atomic E-state index is -0.754. The van der Waals surface area contributed by atoms with Crippen molar-refractivity contribution in [2.75, 3.05) is 7.05 Å². The second kappa shape index (κ2) is 4.03. The number of fused-ring (bicyclic) bond motifs is 1. The average Bonchev–Trinajstić information content (AvgIpc) is 2.61. The highest BCUT2D eigenvalue weighted by Gasteiger charge is 2.31. The topological polar surface area (TPSA) is 49.3 Å². The van der Waals surface area contributed by atoms with E-state index in [0.29, 0.717) is 0 Å². The van der Waals surface area contributed by atoms with Crippen molar-refractivity contribution in [1.82, 2.24) is 5.32 Å². The first kappa shape index (κ1) is 10.2. The standard InChI is InChI=1S/C12H15NO2/c1-13-11(12(14)15)10-6-8-4-2-3-5-9(8)7-10/h2-5,10-11,13H,6-7H2,1H3,(H,14,15). The zero-order valence-corrected chi connectivity index (χ0v) is 8.73. The third-order valence-electron chi connectivity index (χ3n) is 3.13. The van der Waals surface area contributed by atoms with E-state index >= 15 is 0 Å². The van der Waals surface area contributed by atoms with Gasteiger partial charge in [-0.25, -0.2) is 0 Å². The van der Waals surface area contributed by atoms with E-state index in [9.17, 15) is 4.79 Å². The van der Waals surface area contributed by atoms with E-state index in [1.165, 1.54) is 11.1 Å². The van der Waals surface area contributed by atoms with Crippen molar-refractivity contribution in [3.8, 4) is 0 Å². The molecule has 1 aliphatic carbocycles. The van der Waals surface area contributed by atoms with Crippen LogP contribution in [-0.4, -0.2) is 24.2 Å². The normalized spacial score (nSPS) is 17.4. The summed E-state index contributed by atoms with van der Waals surface area (Å²) in [5.41, 5.74) is 2.59. The number of aliphatic carboxylic acids is 1. The molecule has 2 N–H and O–H groups in total. The monoisotopic (exact) mass is 205 g/mol. The van der Waals surface area contributed by atoms with Gasteiger partial charge in [0.15, 0.2) is 0 Å². The zero-order valence-electron chi connectivity index (χ0n) is 8.73. The maximum atomic E-state index is 11.0. The van der Waals surface area contributed by atoms with Crippen molar-refractivity contribution in [1.29, 1.82) is 0 Å². The number of hydrogen-bond donors (Lipinski definition) is 2. The number of likely N-dealkylation sites (N-methyl/N-ethyl adjacent to an activating group) is 1. The van der Waals surface area contributed by atoms with Gasteiger partial charge in [0.05, 0.1) is 0 Å². The molecule has 0 fully saturated rings. The fourth-order valence-electron chi connectivity index (χ4n) is 2.39. The van der Waals surface area contributed by atoms with Crippen LogP contribution in [0.2, 0.25) is 0 Å². The molecule has 0 saturated heterocycles. The quantitative estimate of drug-likeness (QED) is 0.776. The number of nitrogens with one attached hydrogen (secondary N) is 1. The number of rotatable bonds is 3. The summed E-state index contributed by atoms with van der Waals surface area (Å²) >= 11 is 0. The van der Waals surface area contributed by atoms with E-state index in [-0.39, 0.29) is 5.92 Å². The molecule has 0 aliphatic heterocycles. The number of carbonyl (C=O) groups is 1. The van der Waals surface area contributed by atoms with Crippen LogP contribution in [-0.2, 0) is 17.6 Å². The third kappa shape index (κ3) is 1.88. The summed E-state index contributed by atoms with van der Waals surface area (Å²) in [7, 11) is 1.71. The Labute approximate surface area is 89.1 Å². The summed E-state index contributed by atoms with van der Waals surface area (Å²) in [5.74, 6) is -0.569. The summed E-state index contributed by atoms with van der Waals surface area (Å²) < 4.78 is 0. The maximum Gasteiger partial charge on any atom is 0.320 e. The summed E-state index contributed by atoms with van der Waals surface area (Å²) in [4.78, 5) is 11.0. The first-order valence-electron chi connectivity index (χ1n) is 5.19. The molecule has 0 amide bonds. The average molecular weight is 205 g/mol. The summed E-state index contributed by atoms with van der Waals surface area (Å²) in [6.07, 6.45) is 1.74. The molecule has 1 aromatic carbocycles. The molecule has 1 aromatic rings. The first-order chi connectivity index (χ1) is 7.22. The van der Waals surface area contributed by atoms with Crippen molar-refractivity contribution < 1.29 is 9.90 Å². The van der Waals surface area contributed by atoms with Gasteiger partial charge in [-0.2, -0.15) is 0 Å². The van der Waals surface area contributed by atoms with Crippen LogP contribution in [0.3, 0.4) is 0 Å². The molecule has 0 heterocycles. The van der Waals surface area contributed by atoms with Crippen LogP contribution in [0.5, 0.6) is 0 Å². The van der Waals surface area contributed by atoms with Crippen molar-refractivity contribution in [2.45, 2.75) is 18.9 Å². The van der Waals surface area contributed by atoms with Crippen molar-refractivity contribution in [2.24, 2.45) is 5.92 Å². The molecule has 15 heavy (non-hydrogen) atoms. The molecule has 0 aromatic heterocycles. The van der Waals surface area contributed by atoms with Crippen molar-refractivity contribution in [3.05, 3.63) is 35.4 Å². The van der Waals surface area contributed by atoms with Crippen LogP contribution in [0.1, 0.15) is 11.1 Å². The summed E-state index contributed by atoms with van der Waals surface area (Å²) in [6.45, 7) is 0. The van der Waals surface area contributed by atoms with Crippen molar-refractivity contribution >= 4 is 5.97 Å². The van der Waals surface area contributed by atoms with E-state index in [2.05, 4.69) is 17.4 Å². The van der Waals surface area contributed by atoms with Crippen LogP contribution in [0, 0.1) is 5.92 Å². The molecule has 0 saturated carbocycles. The molecule has 0 spiro atoms. The van der Waals surface area contributed by atoms with Gasteiger partial charge in [0.25, 0.3) is 0 Å². The largest absolute Gasteiger partial charge is 0.480 e. The van der Waals surface area contributed by atoms with E-state index in [0.717, 1.165) is 12.8 Å². The van der Waals surface area contributed by atoms with Gasteiger partial charge in [0, 0.05) is 0 Å². The minimum absolute atomic E-state index is 0.185. The highest BCUT2D eigenvalue weighted by molar-refractivity contribution is 5.74. The van der Waals surface area contributed by atoms with Crippen LogP contribution < -0.4 is 5.32 Å². The van der Waals surface area contributed by atoms with Gasteiger partial charge >= 0.3 is 5.97 Å². The third-order valence-corrected chi connectivity index (χ3v) is 3.13.